The summed E-state index contributed by atoms with van der Waals surface area (Å²) in [6, 6.07) is 0. The lowest BCUT2D eigenvalue weighted by molar-refractivity contribution is -0.134. The van der Waals surface area contributed by atoms with Crippen LogP contribution < -0.4 is 5.32 Å². The van der Waals surface area contributed by atoms with Gasteiger partial charge in [-0.05, 0) is 31.8 Å². The fourth-order valence-corrected chi connectivity index (χ4v) is 3.41. The summed E-state index contributed by atoms with van der Waals surface area (Å²) < 4.78 is 12.8. The molecule has 170 valence electrons. The Bertz CT molecular complexity index is 809. The Morgan fingerprint density at radius 3 is 2.97 bits per heavy atom. The number of aliphatic hydroxyl groups is 1. The van der Waals surface area contributed by atoms with Crippen molar-refractivity contribution in [1.29, 1.82) is 0 Å². The molecule has 0 saturated carbocycles. The first kappa shape index (κ1) is 23.4. The van der Waals surface area contributed by atoms with Gasteiger partial charge in [-0.15, -0.1) is 5.10 Å². The van der Waals surface area contributed by atoms with Crippen molar-refractivity contribution in [2.45, 2.75) is 45.1 Å². The SMILES string of the molecule is CNCc1cn(CC(O)N2CC(OC3=C(C(=O)O)COB(O)CCC(C)C=C3)C2)nn1. The highest BCUT2D eigenvalue weighted by molar-refractivity contribution is 6.42. The number of carbonyl (C=O) groups is 1. The van der Waals surface area contributed by atoms with Crippen molar-refractivity contribution in [2.75, 3.05) is 26.7 Å². The molecule has 2 aliphatic heterocycles. The molecule has 4 N–H and O–H groups in total. The molecule has 31 heavy (non-hydrogen) atoms. The molecule has 3 heterocycles. The highest BCUT2D eigenvalue weighted by Gasteiger charge is 2.34. The van der Waals surface area contributed by atoms with Crippen LogP contribution in [0.1, 0.15) is 19.0 Å². The van der Waals surface area contributed by atoms with Crippen LogP contribution in [0.4, 0.5) is 0 Å². The fraction of sp³-hybridized carbons (Fsp3) is 0.632. The van der Waals surface area contributed by atoms with Crippen molar-refractivity contribution < 1.29 is 29.4 Å². The summed E-state index contributed by atoms with van der Waals surface area (Å²) in [6.07, 6.45) is 5.47. The maximum absolute atomic E-state index is 11.7. The van der Waals surface area contributed by atoms with E-state index in [0.717, 1.165) is 12.1 Å². The molecule has 2 aliphatic rings. The van der Waals surface area contributed by atoms with Crippen molar-refractivity contribution in [3.8, 4) is 0 Å². The van der Waals surface area contributed by atoms with E-state index in [2.05, 4.69) is 15.6 Å². The van der Waals surface area contributed by atoms with Crippen LogP contribution in [-0.2, 0) is 27.3 Å². The molecule has 1 saturated heterocycles. The minimum atomic E-state index is -1.15. The Labute approximate surface area is 181 Å². The minimum absolute atomic E-state index is 0.0388. The monoisotopic (exact) mass is 435 g/mol. The Hall–Kier alpha value is -2.25. The van der Waals surface area contributed by atoms with Crippen LogP contribution in [0.3, 0.4) is 0 Å². The van der Waals surface area contributed by atoms with Gasteiger partial charge in [-0.1, -0.05) is 18.2 Å². The third-order valence-electron chi connectivity index (χ3n) is 5.31. The Balaban J connectivity index is 1.58. The van der Waals surface area contributed by atoms with Crippen LogP contribution >= 0.6 is 0 Å². The van der Waals surface area contributed by atoms with E-state index in [1.807, 2.05) is 24.9 Å². The molecule has 12 heteroatoms. The maximum Gasteiger partial charge on any atom is 0.454 e. The van der Waals surface area contributed by atoms with Gasteiger partial charge in [0, 0.05) is 25.8 Å². The first-order valence-corrected chi connectivity index (χ1v) is 10.4. The van der Waals surface area contributed by atoms with Gasteiger partial charge in [0.15, 0.2) is 0 Å². The zero-order valence-corrected chi connectivity index (χ0v) is 17.8. The van der Waals surface area contributed by atoms with Crippen molar-refractivity contribution in [3.05, 3.63) is 35.4 Å². The molecule has 1 aromatic heterocycles. The fourth-order valence-electron chi connectivity index (χ4n) is 3.41. The molecule has 2 atom stereocenters. The highest BCUT2D eigenvalue weighted by Crippen LogP contribution is 2.23. The summed E-state index contributed by atoms with van der Waals surface area (Å²) >= 11 is 0. The summed E-state index contributed by atoms with van der Waals surface area (Å²) in [6.45, 7) is 3.51. The second-order valence-corrected chi connectivity index (χ2v) is 7.96. The molecule has 2 unspecified atom stereocenters. The van der Waals surface area contributed by atoms with Gasteiger partial charge in [0.05, 0.1) is 18.8 Å². The van der Waals surface area contributed by atoms with Crippen molar-refractivity contribution in [3.63, 3.8) is 0 Å². The number of aliphatic carboxylic acids is 1. The van der Waals surface area contributed by atoms with Gasteiger partial charge < -0.3 is 29.9 Å². The van der Waals surface area contributed by atoms with Gasteiger partial charge in [-0.2, -0.15) is 0 Å². The van der Waals surface area contributed by atoms with E-state index in [-0.39, 0.29) is 36.5 Å². The van der Waals surface area contributed by atoms with Gasteiger partial charge in [-0.3, -0.25) is 4.90 Å². The third-order valence-corrected chi connectivity index (χ3v) is 5.31. The topological polar surface area (TPSA) is 142 Å². The number of aromatic nitrogens is 3. The number of carboxylic acids is 1. The molecule has 3 rings (SSSR count). The normalized spacial score (nSPS) is 22.3. The van der Waals surface area contributed by atoms with E-state index in [1.54, 1.807) is 17.0 Å². The first-order valence-electron chi connectivity index (χ1n) is 10.4. The summed E-state index contributed by atoms with van der Waals surface area (Å²) in [5, 5.41) is 40.9. The molecule has 0 spiro atoms. The van der Waals surface area contributed by atoms with Gasteiger partial charge in [-0.25, -0.2) is 9.48 Å². The van der Waals surface area contributed by atoms with Gasteiger partial charge in [0.2, 0.25) is 0 Å². The molecular weight excluding hydrogens is 405 g/mol. The molecule has 1 fully saturated rings. The average Bonchev–Trinajstić information content (AvgIpc) is 3.12. The molecule has 0 amide bonds. The van der Waals surface area contributed by atoms with Crippen LogP contribution in [0.2, 0.25) is 6.32 Å². The van der Waals surface area contributed by atoms with Gasteiger partial charge in [0.1, 0.15) is 23.7 Å². The molecule has 0 aliphatic carbocycles. The lowest BCUT2D eigenvalue weighted by atomic mass is 9.80. The van der Waals surface area contributed by atoms with Crippen LogP contribution in [0.25, 0.3) is 0 Å². The Kier molecular flexibility index (Phi) is 8.21. The molecule has 0 bridgehead atoms. The number of hydrogen-bond donors (Lipinski definition) is 4. The lowest BCUT2D eigenvalue weighted by Gasteiger charge is -2.42. The number of carboxylic acid groups (broad SMARTS) is 1. The predicted octanol–water partition coefficient (Wildman–Crippen LogP) is -0.551. The lowest BCUT2D eigenvalue weighted by Crippen LogP contribution is -2.57. The zero-order chi connectivity index (χ0) is 22.4. The van der Waals surface area contributed by atoms with Crippen LogP contribution in [-0.4, -0.2) is 87.3 Å². The number of allylic oxidation sites excluding steroid dienone is 2. The molecule has 0 radical (unpaired) electrons. The van der Waals surface area contributed by atoms with E-state index >= 15 is 0 Å². The van der Waals surface area contributed by atoms with Crippen LogP contribution in [0.15, 0.2) is 29.7 Å². The first-order chi connectivity index (χ1) is 14.9. The summed E-state index contributed by atoms with van der Waals surface area (Å²) in [5.74, 6) is -0.791. The quantitative estimate of drug-likeness (QED) is 0.393. The average molecular weight is 435 g/mol. The van der Waals surface area contributed by atoms with Crippen LogP contribution in [0.5, 0.6) is 0 Å². The van der Waals surface area contributed by atoms with E-state index in [1.165, 1.54) is 0 Å². The number of likely N-dealkylation sites (tertiary alicyclic amines) is 1. The molecule has 0 aromatic carbocycles. The number of ether oxygens (including phenoxy) is 1. The zero-order valence-electron chi connectivity index (χ0n) is 17.8. The van der Waals surface area contributed by atoms with Crippen LogP contribution in [0, 0.1) is 5.92 Å². The van der Waals surface area contributed by atoms with E-state index in [0.29, 0.717) is 26.0 Å². The molecular formula is C19H30BN5O6. The van der Waals surface area contributed by atoms with E-state index in [4.69, 9.17) is 9.39 Å². The number of nitrogens with zero attached hydrogens (tertiary/aromatic N) is 4. The summed E-state index contributed by atoms with van der Waals surface area (Å²) in [7, 11) is 0.812. The molecule has 11 nitrogen and oxygen atoms in total. The number of rotatable bonds is 8. The maximum atomic E-state index is 11.7. The Morgan fingerprint density at radius 1 is 1.48 bits per heavy atom. The third kappa shape index (κ3) is 6.62. The van der Waals surface area contributed by atoms with Crippen molar-refractivity contribution in [1.82, 2.24) is 25.2 Å². The van der Waals surface area contributed by atoms with Crippen molar-refractivity contribution >= 4 is 13.1 Å². The highest BCUT2D eigenvalue weighted by atomic mass is 16.5. The van der Waals surface area contributed by atoms with Crippen molar-refractivity contribution in [2.24, 2.45) is 5.92 Å². The number of nitrogens with one attached hydrogen (secondary N) is 1. The smallest absolute Gasteiger partial charge is 0.454 e. The van der Waals surface area contributed by atoms with Gasteiger partial charge >= 0.3 is 13.1 Å². The largest absolute Gasteiger partial charge is 0.487 e. The Morgan fingerprint density at radius 2 is 2.26 bits per heavy atom. The minimum Gasteiger partial charge on any atom is -0.487 e. The predicted molar refractivity (Wildman–Crippen MR) is 112 cm³/mol. The van der Waals surface area contributed by atoms with Gasteiger partial charge in [0.25, 0.3) is 0 Å². The second-order valence-electron chi connectivity index (χ2n) is 7.96. The standard InChI is InChI=1S/C19H30BN5O6/c1-13-3-4-17(16(19(27)28)12-30-20(29)6-5-13)31-15-9-24(10-15)18(26)11-25-8-14(7-21-2)22-23-25/h3-4,8,13,15,18,21,26,29H,5-7,9-12H2,1-2H3,(H,27,28). The van der Waals surface area contributed by atoms with E-state index in [9.17, 15) is 20.0 Å². The number of aliphatic hydroxyl groups excluding tert-OH is 1. The summed E-state index contributed by atoms with van der Waals surface area (Å²) in [5.41, 5.74) is 0.750. The molecule has 1 aromatic rings. The summed E-state index contributed by atoms with van der Waals surface area (Å²) in [4.78, 5) is 13.5. The second kappa shape index (κ2) is 10.9. The van der Waals surface area contributed by atoms with E-state index < -0.39 is 19.3 Å². The number of hydrogen-bond acceptors (Lipinski definition) is 9.